The maximum Gasteiger partial charge on any atom is 0.325 e. The Balaban J connectivity index is 1.95. The van der Waals surface area contributed by atoms with Gasteiger partial charge in [0.1, 0.15) is 5.82 Å². The third-order valence-electron chi connectivity index (χ3n) is 5.60. The van der Waals surface area contributed by atoms with Crippen LogP contribution in [-0.2, 0) is 9.09 Å². The zero-order valence-corrected chi connectivity index (χ0v) is 17.7. The minimum atomic E-state index is -3.31. The van der Waals surface area contributed by atoms with E-state index in [2.05, 4.69) is 30.8 Å². The Morgan fingerprint density at radius 3 is 2.56 bits per heavy atom. The van der Waals surface area contributed by atoms with Crippen LogP contribution >= 0.6 is 7.52 Å². The molecule has 0 saturated heterocycles. The second kappa shape index (κ2) is 8.58. The average molecular weight is 386 g/mol. The van der Waals surface area contributed by atoms with E-state index in [0.717, 1.165) is 18.4 Å². The Labute approximate surface area is 163 Å². The Morgan fingerprint density at radius 1 is 1.15 bits per heavy atom. The van der Waals surface area contributed by atoms with E-state index in [4.69, 9.17) is 4.52 Å². The van der Waals surface area contributed by atoms with Gasteiger partial charge >= 0.3 is 7.52 Å². The van der Waals surface area contributed by atoms with Crippen molar-refractivity contribution in [1.29, 1.82) is 0 Å². The maximum atomic E-state index is 14.1. The monoisotopic (exact) mass is 386 g/mol. The van der Waals surface area contributed by atoms with Crippen LogP contribution in [0, 0.1) is 24.7 Å². The summed E-state index contributed by atoms with van der Waals surface area (Å²) in [6.07, 6.45) is 4.98. The number of nitrogens with zero attached hydrogens (tertiary/aromatic N) is 1. The molecule has 1 aromatic carbocycles. The van der Waals surface area contributed by atoms with Crippen LogP contribution < -0.4 is 10.4 Å². The molecule has 1 fully saturated rings. The van der Waals surface area contributed by atoms with Crippen LogP contribution in [0.25, 0.3) is 0 Å². The molecular formula is C22H31N2O2P. The highest BCUT2D eigenvalue weighted by atomic mass is 31.2. The van der Waals surface area contributed by atoms with E-state index in [1.807, 2.05) is 49.4 Å². The predicted molar refractivity (Wildman–Crippen MR) is 112 cm³/mol. The summed E-state index contributed by atoms with van der Waals surface area (Å²) in [5.41, 5.74) is 0.953. The van der Waals surface area contributed by atoms with Crippen LogP contribution in [0.3, 0.4) is 0 Å². The fraction of sp³-hybridized carbons (Fsp3) is 0.500. The SMILES string of the molecule is Cc1cccnc1N[P@](=O)(O[C@@H]1C[C@H](C)CC[C@@H]1C(C)C)c1ccccc1. The first-order valence-corrected chi connectivity index (χ1v) is 11.6. The van der Waals surface area contributed by atoms with Crippen molar-refractivity contribution in [2.75, 3.05) is 5.09 Å². The topological polar surface area (TPSA) is 51.2 Å². The zero-order valence-electron chi connectivity index (χ0n) is 16.8. The third-order valence-corrected chi connectivity index (χ3v) is 7.66. The number of hydrogen-bond acceptors (Lipinski definition) is 3. The average Bonchev–Trinajstić information content (AvgIpc) is 2.64. The van der Waals surface area contributed by atoms with Gasteiger partial charge in [-0.2, -0.15) is 0 Å². The smallest absolute Gasteiger partial charge is 0.306 e. The van der Waals surface area contributed by atoms with Gasteiger partial charge in [0, 0.05) is 6.20 Å². The van der Waals surface area contributed by atoms with Crippen molar-refractivity contribution >= 4 is 18.6 Å². The van der Waals surface area contributed by atoms with Crippen LogP contribution in [0.1, 0.15) is 45.6 Å². The van der Waals surface area contributed by atoms with Crippen molar-refractivity contribution in [3.8, 4) is 0 Å². The number of rotatable bonds is 6. The van der Waals surface area contributed by atoms with Gasteiger partial charge in [-0.3, -0.25) is 9.65 Å². The fourth-order valence-electron chi connectivity index (χ4n) is 3.94. The lowest BCUT2D eigenvalue weighted by Crippen LogP contribution is -2.35. The van der Waals surface area contributed by atoms with Crippen LogP contribution in [0.4, 0.5) is 5.82 Å². The van der Waals surface area contributed by atoms with Crippen molar-refractivity contribution in [1.82, 2.24) is 4.98 Å². The number of benzene rings is 1. The number of nitrogens with one attached hydrogen (secondary N) is 1. The Morgan fingerprint density at radius 2 is 1.89 bits per heavy atom. The molecule has 1 aliphatic carbocycles. The second-order valence-corrected chi connectivity index (χ2v) is 10.2. The molecule has 0 spiro atoms. The van der Waals surface area contributed by atoms with Crippen molar-refractivity contribution in [3.05, 3.63) is 54.2 Å². The van der Waals surface area contributed by atoms with E-state index in [1.54, 1.807) is 6.20 Å². The molecule has 3 rings (SSSR count). The fourth-order valence-corrected chi connectivity index (χ4v) is 5.95. The first kappa shape index (κ1) is 20.1. The molecular weight excluding hydrogens is 355 g/mol. The van der Waals surface area contributed by atoms with E-state index in [-0.39, 0.29) is 6.10 Å². The van der Waals surface area contributed by atoms with Gasteiger partial charge < -0.3 is 4.52 Å². The minimum Gasteiger partial charge on any atom is -0.306 e. The molecule has 0 bridgehead atoms. The summed E-state index contributed by atoms with van der Waals surface area (Å²) in [5.74, 6) is 2.13. The van der Waals surface area contributed by atoms with E-state index in [9.17, 15) is 4.57 Å². The molecule has 1 heterocycles. The summed E-state index contributed by atoms with van der Waals surface area (Å²) in [6.45, 7) is 8.70. The molecule has 1 saturated carbocycles. The molecule has 27 heavy (non-hydrogen) atoms. The summed E-state index contributed by atoms with van der Waals surface area (Å²) in [5, 5.41) is 3.87. The molecule has 1 aromatic heterocycles. The summed E-state index contributed by atoms with van der Waals surface area (Å²) in [4.78, 5) is 4.39. The van der Waals surface area contributed by atoms with Crippen molar-refractivity contribution < 1.29 is 9.09 Å². The predicted octanol–water partition coefficient (Wildman–Crippen LogP) is 5.80. The number of hydrogen-bond donors (Lipinski definition) is 1. The van der Waals surface area contributed by atoms with Gasteiger partial charge in [-0.25, -0.2) is 4.98 Å². The second-order valence-electron chi connectivity index (χ2n) is 8.14. The standard InChI is InChI=1S/C22H31N2O2P/c1-16(2)20-13-12-17(3)15-21(20)26-27(25,19-10-6-5-7-11-19)24-22-18(4)9-8-14-23-22/h5-11,14,16-17,20-21H,12-13,15H2,1-4H3,(H,23,24,25)/t17-,20-,21-,27-/m1/s1. The Bertz CT molecular complexity index is 794. The first-order valence-electron chi connectivity index (χ1n) is 9.93. The molecule has 4 nitrogen and oxygen atoms in total. The third kappa shape index (κ3) is 4.80. The Kier molecular flexibility index (Phi) is 6.39. The summed E-state index contributed by atoms with van der Waals surface area (Å²) >= 11 is 0. The van der Waals surface area contributed by atoms with Gasteiger partial charge in [-0.15, -0.1) is 0 Å². The normalized spacial score (nSPS) is 25.1. The van der Waals surface area contributed by atoms with E-state index >= 15 is 0 Å². The van der Waals surface area contributed by atoms with Gasteiger partial charge in [-0.1, -0.05) is 51.5 Å². The maximum absolute atomic E-state index is 14.1. The van der Waals surface area contributed by atoms with E-state index in [1.165, 1.54) is 6.42 Å². The molecule has 0 radical (unpaired) electrons. The summed E-state index contributed by atoms with van der Waals surface area (Å²) in [7, 11) is -3.31. The lowest BCUT2D eigenvalue weighted by Gasteiger charge is -2.39. The molecule has 2 aromatic rings. The van der Waals surface area contributed by atoms with Gasteiger partial charge in [0.25, 0.3) is 0 Å². The summed E-state index contributed by atoms with van der Waals surface area (Å²) in [6, 6.07) is 13.3. The van der Waals surface area contributed by atoms with Crippen LogP contribution in [0.15, 0.2) is 48.7 Å². The largest absolute Gasteiger partial charge is 0.325 e. The van der Waals surface area contributed by atoms with Gasteiger partial charge in [0.15, 0.2) is 0 Å². The van der Waals surface area contributed by atoms with Gasteiger partial charge in [0.2, 0.25) is 0 Å². The number of aryl methyl sites for hydroxylation is 1. The van der Waals surface area contributed by atoms with Crippen molar-refractivity contribution in [3.63, 3.8) is 0 Å². The molecule has 1 aliphatic rings. The van der Waals surface area contributed by atoms with Crippen molar-refractivity contribution in [2.45, 2.75) is 53.1 Å². The van der Waals surface area contributed by atoms with Gasteiger partial charge in [0.05, 0.1) is 11.4 Å². The highest BCUT2D eigenvalue weighted by Gasteiger charge is 2.38. The summed E-state index contributed by atoms with van der Waals surface area (Å²) < 4.78 is 20.6. The first-order chi connectivity index (χ1) is 12.9. The number of anilines is 1. The molecule has 1 N–H and O–H groups in total. The molecule has 5 heteroatoms. The quantitative estimate of drug-likeness (QED) is 0.638. The molecule has 4 atom stereocenters. The molecule has 0 amide bonds. The lowest BCUT2D eigenvalue weighted by molar-refractivity contribution is 0.0505. The van der Waals surface area contributed by atoms with Crippen LogP contribution in [-0.4, -0.2) is 11.1 Å². The molecule has 0 aliphatic heterocycles. The molecule has 146 valence electrons. The van der Waals surface area contributed by atoms with Gasteiger partial charge in [-0.05, 0) is 61.3 Å². The zero-order chi connectivity index (χ0) is 19.4. The highest BCUT2D eigenvalue weighted by Crippen LogP contribution is 2.51. The number of pyridine rings is 1. The minimum absolute atomic E-state index is 0.0173. The lowest BCUT2D eigenvalue weighted by atomic mass is 9.75. The van der Waals surface area contributed by atoms with E-state index in [0.29, 0.717) is 28.9 Å². The van der Waals surface area contributed by atoms with E-state index < -0.39 is 7.52 Å². The van der Waals surface area contributed by atoms with Crippen LogP contribution in [0.2, 0.25) is 0 Å². The highest BCUT2D eigenvalue weighted by molar-refractivity contribution is 7.68. The molecule has 0 unspecified atom stereocenters. The van der Waals surface area contributed by atoms with Crippen molar-refractivity contribution in [2.24, 2.45) is 17.8 Å². The van der Waals surface area contributed by atoms with Crippen LogP contribution in [0.5, 0.6) is 0 Å². The number of aromatic nitrogens is 1. The Hall–Kier alpha value is -1.64.